The highest BCUT2D eigenvalue weighted by Gasteiger charge is 2.21. The van der Waals surface area contributed by atoms with E-state index in [0.29, 0.717) is 23.5 Å². The molecule has 0 saturated heterocycles. The van der Waals surface area contributed by atoms with Gasteiger partial charge in [-0.25, -0.2) is 8.78 Å². The van der Waals surface area contributed by atoms with Crippen LogP contribution in [0, 0.1) is 17.6 Å². The van der Waals surface area contributed by atoms with Crippen molar-refractivity contribution in [2.45, 2.75) is 84.0 Å². The lowest BCUT2D eigenvalue weighted by atomic mass is 9.77. The maximum atomic E-state index is 14.6. The van der Waals surface area contributed by atoms with E-state index < -0.39 is 11.6 Å². The second kappa shape index (κ2) is 13.0. The SMILES string of the molecule is C/C=C/CCC1CCC(c2ccc(CCc3ccc(-c4ccc(CCC)c(F)c4F)cc3)cc2)CC1. The molecule has 0 unspecified atom stereocenters. The molecule has 0 heterocycles. The number of hydrogen-bond acceptors (Lipinski definition) is 0. The first-order valence-corrected chi connectivity index (χ1v) is 13.8. The minimum Gasteiger partial charge on any atom is -0.203 e. The van der Waals surface area contributed by atoms with Gasteiger partial charge in [-0.3, -0.25) is 0 Å². The van der Waals surface area contributed by atoms with Crippen molar-refractivity contribution in [1.29, 1.82) is 0 Å². The monoisotopic (exact) mass is 486 g/mol. The van der Waals surface area contributed by atoms with Crippen LogP contribution in [0.3, 0.4) is 0 Å². The van der Waals surface area contributed by atoms with E-state index in [9.17, 15) is 8.78 Å². The summed E-state index contributed by atoms with van der Waals surface area (Å²) >= 11 is 0. The van der Waals surface area contributed by atoms with E-state index in [1.54, 1.807) is 12.1 Å². The lowest BCUT2D eigenvalue weighted by Crippen LogP contribution is -2.13. The van der Waals surface area contributed by atoms with Gasteiger partial charge in [-0.05, 0) is 104 Å². The summed E-state index contributed by atoms with van der Waals surface area (Å²) in [5.74, 6) is 0.167. The zero-order valence-electron chi connectivity index (χ0n) is 21.9. The fourth-order valence-corrected chi connectivity index (χ4v) is 5.65. The van der Waals surface area contributed by atoms with E-state index in [4.69, 9.17) is 0 Å². The third-order valence-electron chi connectivity index (χ3n) is 7.92. The zero-order chi connectivity index (χ0) is 25.3. The van der Waals surface area contributed by atoms with E-state index >= 15 is 0 Å². The van der Waals surface area contributed by atoms with Gasteiger partial charge in [-0.1, -0.05) is 86.2 Å². The van der Waals surface area contributed by atoms with Crippen molar-refractivity contribution < 1.29 is 8.78 Å². The van der Waals surface area contributed by atoms with Gasteiger partial charge >= 0.3 is 0 Å². The molecule has 1 aliphatic rings. The maximum Gasteiger partial charge on any atom is 0.166 e. The molecule has 1 aliphatic carbocycles. The molecule has 3 aromatic carbocycles. The van der Waals surface area contributed by atoms with Crippen molar-refractivity contribution in [3.05, 3.63) is 107 Å². The average molecular weight is 487 g/mol. The summed E-state index contributed by atoms with van der Waals surface area (Å²) in [5.41, 5.74) is 5.56. The van der Waals surface area contributed by atoms with E-state index in [1.165, 1.54) is 55.2 Å². The van der Waals surface area contributed by atoms with Crippen LogP contribution in [-0.4, -0.2) is 0 Å². The molecule has 1 fully saturated rings. The topological polar surface area (TPSA) is 0 Å². The molecule has 2 heteroatoms. The van der Waals surface area contributed by atoms with Crippen LogP contribution in [0.4, 0.5) is 8.78 Å². The molecule has 0 atom stereocenters. The Morgan fingerprint density at radius 3 is 2.00 bits per heavy atom. The second-order valence-electron chi connectivity index (χ2n) is 10.5. The quantitative estimate of drug-likeness (QED) is 0.250. The number of allylic oxidation sites excluding steroid dienone is 2. The van der Waals surface area contributed by atoms with Crippen molar-refractivity contribution >= 4 is 0 Å². The molecule has 4 rings (SSSR count). The van der Waals surface area contributed by atoms with E-state index in [1.807, 2.05) is 31.2 Å². The predicted molar refractivity (Wildman–Crippen MR) is 148 cm³/mol. The molecule has 36 heavy (non-hydrogen) atoms. The van der Waals surface area contributed by atoms with Crippen molar-refractivity contribution in [1.82, 2.24) is 0 Å². The van der Waals surface area contributed by atoms with Gasteiger partial charge in [0, 0.05) is 5.56 Å². The van der Waals surface area contributed by atoms with Crippen LogP contribution in [0.1, 0.15) is 87.0 Å². The first kappa shape index (κ1) is 26.3. The van der Waals surface area contributed by atoms with E-state index in [0.717, 1.165) is 30.7 Å². The largest absolute Gasteiger partial charge is 0.203 e. The summed E-state index contributed by atoms with van der Waals surface area (Å²) in [7, 11) is 0. The fourth-order valence-electron chi connectivity index (χ4n) is 5.65. The highest BCUT2D eigenvalue weighted by atomic mass is 19.2. The summed E-state index contributed by atoms with van der Waals surface area (Å²) in [6.07, 6.45) is 15.7. The van der Waals surface area contributed by atoms with Crippen LogP contribution in [-0.2, 0) is 19.3 Å². The summed E-state index contributed by atoms with van der Waals surface area (Å²) in [5, 5.41) is 0. The van der Waals surface area contributed by atoms with Gasteiger partial charge < -0.3 is 0 Å². The third-order valence-corrected chi connectivity index (χ3v) is 7.92. The van der Waals surface area contributed by atoms with Crippen molar-refractivity contribution in [3.8, 4) is 11.1 Å². The lowest BCUT2D eigenvalue weighted by molar-refractivity contribution is 0.312. The molecule has 0 N–H and O–H groups in total. The molecule has 0 spiro atoms. The number of halogens is 2. The Bertz CT molecular complexity index is 1120. The number of rotatable bonds is 10. The van der Waals surface area contributed by atoms with Gasteiger partial charge in [-0.2, -0.15) is 0 Å². The van der Waals surface area contributed by atoms with Crippen LogP contribution in [0.15, 0.2) is 72.8 Å². The standard InChI is InChI=1S/C34H40F2/c1-3-5-6-8-25-11-17-28(18-12-25)29-19-13-26(14-20-29)9-10-27-15-21-30(22-16-27)32-24-23-31(7-4-2)33(35)34(32)36/h3,5,13-16,19-25,28H,4,6-12,17-18H2,1-2H3/b5-3+. The number of aryl methyl sites for hydroxylation is 3. The van der Waals surface area contributed by atoms with Crippen LogP contribution in [0.25, 0.3) is 11.1 Å². The Morgan fingerprint density at radius 1 is 0.750 bits per heavy atom. The molecule has 0 aromatic heterocycles. The Balaban J connectivity index is 1.29. The summed E-state index contributed by atoms with van der Waals surface area (Å²) in [6, 6.07) is 20.6. The molecule has 0 amide bonds. The average Bonchev–Trinajstić information content (AvgIpc) is 2.92. The van der Waals surface area contributed by atoms with E-state index in [2.05, 4.69) is 43.3 Å². The maximum absolute atomic E-state index is 14.6. The number of hydrogen-bond donors (Lipinski definition) is 0. The van der Waals surface area contributed by atoms with Gasteiger partial charge in [0.1, 0.15) is 0 Å². The van der Waals surface area contributed by atoms with Gasteiger partial charge in [0.25, 0.3) is 0 Å². The van der Waals surface area contributed by atoms with Gasteiger partial charge in [-0.15, -0.1) is 0 Å². The summed E-state index contributed by atoms with van der Waals surface area (Å²) in [6.45, 7) is 4.08. The molecular weight excluding hydrogens is 446 g/mol. The first-order valence-electron chi connectivity index (χ1n) is 13.8. The first-order chi connectivity index (χ1) is 17.6. The Labute approximate surface area is 216 Å². The Kier molecular flexibility index (Phi) is 9.50. The number of benzene rings is 3. The molecular formula is C34H40F2. The predicted octanol–water partition coefficient (Wildman–Crippen LogP) is 10.00. The normalized spacial score (nSPS) is 18.1. The summed E-state index contributed by atoms with van der Waals surface area (Å²) < 4.78 is 29.0. The van der Waals surface area contributed by atoms with Crippen molar-refractivity contribution in [3.63, 3.8) is 0 Å². The Hall–Kier alpha value is -2.74. The molecule has 0 bridgehead atoms. The molecule has 0 nitrogen and oxygen atoms in total. The molecule has 1 saturated carbocycles. The highest BCUT2D eigenvalue weighted by Crippen LogP contribution is 2.37. The molecule has 3 aromatic rings. The minimum atomic E-state index is -0.740. The smallest absolute Gasteiger partial charge is 0.166 e. The van der Waals surface area contributed by atoms with Crippen molar-refractivity contribution in [2.75, 3.05) is 0 Å². The zero-order valence-corrected chi connectivity index (χ0v) is 21.9. The molecule has 190 valence electrons. The van der Waals surface area contributed by atoms with Gasteiger partial charge in [0.15, 0.2) is 11.6 Å². The lowest BCUT2D eigenvalue weighted by Gasteiger charge is -2.28. The van der Waals surface area contributed by atoms with Gasteiger partial charge in [0.2, 0.25) is 0 Å². The fraction of sp³-hybridized carbons (Fsp3) is 0.412. The molecule has 0 aliphatic heterocycles. The van der Waals surface area contributed by atoms with Crippen LogP contribution < -0.4 is 0 Å². The van der Waals surface area contributed by atoms with Crippen LogP contribution >= 0.6 is 0 Å². The summed E-state index contributed by atoms with van der Waals surface area (Å²) in [4.78, 5) is 0. The minimum absolute atomic E-state index is 0.335. The molecule has 0 radical (unpaired) electrons. The van der Waals surface area contributed by atoms with Crippen LogP contribution in [0.2, 0.25) is 0 Å². The van der Waals surface area contributed by atoms with E-state index in [-0.39, 0.29) is 0 Å². The van der Waals surface area contributed by atoms with Crippen LogP contribution in [0.5, 0.6) is 0 Å². The van der Waals surface area contributed by atoms with Crippen molar-refractivity contribution in [2.24, 2.45) is 5.92 Å². The second-order valence-corrected chi connectivity index (χ2v) is 10.5. The Morgan fingerprint density at radius 2 is 1.39 bits per heavy atom. The third kappa shape index (κ3) is 6.72. The van der Waals surface area contributed by atoms with Gasteiger partial charge in [0.05, 0.1) is 0 Å². The highest BCUT2D eigenvalue weighted by molar-refractivity contribution is 5.65.